The third-order valence-corrected chi connectivity index (χ3v) is 3.41. The van der Waals surface area contributed by atoms with E-state index in [1.165, 1.54) is 11.6 Å². The normalized spacial score (nSPS) is 16.8. The Balaban J connectivity index is 2.19. The van der Waals surface area contributed by atoms with Crippen LogP contribution in [0.5, 0.6) is 0 Å². The van der Waals surface area contributed by atoms with E-state index in [1.54, 1.807) is 12.1 Å². The number of nitrogens with zero attached hydrogens (tertiary/aromatic N) is 1. The first kappa shape index (κ1) is 11.7. The van der Waals surface area contributed by atoms with Crippen molar-refractivity contribution in [2.45, 2.75) is 17.7 Å². The van der Waals surface area contributed by atoms with E-state index in [1.807, 2.05) is 0 Å². The van der Waals surface area contributed by atoms with Crippen LogP contribution in [-0.2, 0) is 15.6 Å². The highest BCUT2D eigenvalue weighted by molar-refractivity contribution is 7.99. The molecular formula is C11H9NO4S. The molecule has 17 heavy (non-hydrogen) atoms. The number of aliphatic carboxylic acids is 1. The van der Waals surface area contributed by atoms with E-state index in [-0.39, 0.29) is 18.6 Å². The fourth-order valence-electron chi connectivity index (χ4n) is 1.48. The van der Waals surface area contributed by atoms with Crippen molar-refractivity contribution < 1.29 is 18.9 Å². The highest BCUT2D eigenvalue weighted by Gasteiger charge is 2.17. The summed E-state index contributed by atoms with van der Waals surface area (Å²) in [6, 6.07) is 4.70. The van der Waals surface area contributed by atoms with Crippen molar-refractivity contribution in [1.29, 1.82) is 0 Å². The third kappa shape index (κ3) is 2.47. The van der Waals surface area contributed by atoms with Crippen molar-refractivity contribution in [2.24, 2.45) is 4.99 Å². The Morgan fingerprint density at radius 2 is 2.06 bits per heavy atom. The highest BCUT2D eigenvalue weighted by atomic mass is 32.2. The second kappa shape index (κ2) is 4.58. The molecule has 0 saturated heterocycles. The molecule has 2 rings (SSSR count). The Bertz CT molecular complexity index is 550. The maximum Gasteiger partial charge on any atom is 0.303 e. The van der Waals surface area contributed by atoms with Crippen LogP contribution in [0.1, 0.15) is 23.2 Å². The van der Waals surface area contributed by atoms with E-state index >= 15 is 0 Å². The average Bonchev–Trinajstić information content (AvgIpc) is 2.67. The maximum absolute atomic E-state index is 11.7. The van der Waals surface area contributed by atoms with Gasteiger partial charge in [-0.15, -0.1) is 0 Å². The number of ketones is 1. The van der Waals surface area contributed by atoms with Gasteiger partial charge in [0.05, 0.1) is 33.3 Å². The number of carboxylic acids is 1. The van der Waals surface area contributed by atoms with Crippen LogP contribution < -0.4 is 0 Å². The van der Waals surface area contributed by atoms with Gasteiger partial charge in [0.2, 0.25) is 0 Å². The summed E-state index contributed by atoms with van der Waals surface area (Å²) in [4.78, 5) is 26.4. The van der Waals surface area contributed by atoms with Gasteiger partial charge in [-0.1, -0.05) is 0 Å². The van der Waals surface area contributed by atoms with Crippen molar-refractivity contribution in [3.05, 3.63) is 23.8 Å². The van der Waals surface area contributed by atoms with Crippen LogP contribution in [-0.4, -0.2) is 26.6 Å². The monoisotopic (exact) mass is 251 g/mol. The quantitative estimate of drug-likeness (QED) is 0.822. The Morgan fingerprint density at radius 3 is 2.76 bits per heavy atom. The van der Waals surface area contributed by atoms with Crippen LogP contribution >= 0.6 is 0 Å². The Labute approximate surface area is 99.6 Å². The SMILES string of the molecule is O=C(O)CCC(=O)c1ccc2c(c1)S(=O)C=N2. The second-order valence-electron chi connectivity index (χ2n) is 3.53. The smallest absolute Gasteiger partial charge is 0.303 e. The minimum Gasteiger partial charge on any atom is -0.481 e. The number of rotatable bonds is 4. The topological polar surface area (TPSA) is 83.8 Å². The fourth-order valence-corrected chi connectivity index (χ4v) is 2.37. The predicted octanol–water partition coefficient (Wildman–Crippen LogP) is 1.52. The van der Waals surface area contributed by atoms with Crippen LogP contribution in [0.15, 0.2) is 28.1 Å². The number of carboxylic acid groups (broad SMARTS) is 1. The maximum atomic E-state index is 11.7. The van der Waals surface area contributed by atoms with E-state index in [2.05, 4.69) is 4.99 Å². The minimum absolute atomic E-state index is 0.0540. The zero-order valence-corrected chi connectivity index (χ0v) is 9.57. The number of benzene rings is 1. The van der Waals surface area contributed by atoms with Crippen LogP contribution in [0.4, 0.5) is 5.69 Å². The average molecular weight is 251 g/mol. The predicted molar refractivity (Wildman–Crippen MR) is 62.2 cm³/mol. The molecule has 5 nitrogen and oxygen atoms in total. The lowest BCUT2D eigenvalue weighted by Crippen LogP contribution is -2.04. The van der Waals surface area contributed by atoms with E-state index in [0.717, 1.165) is 0 Å². The Morgan fingerprint density at radius 1 is 1.29 bits per heavy atom. The van der Waals surface area contributed by atoms with E-state index in [9.17, 15) is 13.8 Å². The van der Waals surface area contributed by atoms with Gasteiger partial charge < -0.3 is 5.11 Å². The van der Waals surface area contributed by atoms with Gasteiger partial charge in [0.1, 0.15) is 0 Å². The number of hydrogen-bond donors (Lipinski definition) is 1. The minimum atomic E-state index is -1.30. The zero-order chi connectivity index (χ0) is 12.4. The lowest BCUT2D eigenvalue weighted by Gasteiger charge is -2.01. The Hall–Kier alpha value is -1.82. The third-order valence-electron chi connectivity index (χ3n) is 2.35. The molecule has 0 radical (unpaired) electrons. The summed E-state index contributed by atoms with van der Waals surface area (Å²) < 4.78 is 11.5. The summed E-state index contributed by atoms with van der Waals surface area (Å²) in [7, 11) is -1.30. The van der Waals surface area contributed by atoms with Crippen LogP contribution in [0.25, 0.3) is 0 Å². The summed E-state index contributed by atoms with van der Waals surface area (Å²) in [6.07, 6.45) is -0.253. The lowest BCUT2D eigenvalue weighted by atomic mass is 10.1. The lowest BCUT2D eigenvalue weighted by molar-refractivity contribution is -0.136. The highest BCUT2D eigenvalue weighted by Crippen LogP contribution is 2.28. The molecule has 0 amide bonds. The van der Waals surface area contributed by atoms with Crippen molar-refractivity contribution in [1.82, 2.24) is 0 Å². The van der Waals surface area contributed by atoms with Gasteiger partial charge in [0, 0.05) is 12.0 Å². The molecule has 88 valence electrons. The van der Waals surface area contributed by atoms with Gasteiger partial charge in [-0.2, -0.15) is 0 Å². The van der Waals surface area contributed by atoms with Gasteiger partial charge >= 0.3 is 5.97 Å². The van der Waals surface area contributed by atoms with Crippen LogP contribution in [0, 0.1) is 0 Å². The number of carbonyl (C=O) groups is 2. The van der Waals surface area contributed by atoms with Crippen LogP contribution in [0.3, 0.4) is 0 Å². The molecular weight excluding hydrogens is 242 g/mol. The largest absolute Gasteiger partial charge is 0.481 e. The van der Waals surface area contributed by atoms with Gasteiger partial charge in [-0.3, -0.25) is 9.59 Å². The molecule has 6 heteroatoms. The number of Topliss-reactive ketones (excluding diaryl/α,β-unsaturated/α-hetero) is 1. The molecule has 0 bridgehead atoms. The molecule has 1 aromatic rings. The van der Waals surface area contributed by atoms with Crippen molar-refractivity contribution >= 4 is 33.8 Å². The second-order valence-corrected chi connectivity index (χ2v) is 4.78. The number of fused-ring (bicyclic) bond motifs is 1. The molecule has 1 atom stereocenters. The molecule has 1 N–H and O–H groups in total. The summed E-state index contributed by atoms with van der Waals surface area (Å²) in [5.41, 5.74) is 2.29. The van der Waals surface area contributed by atoms with Crippen molar-refractivity contribution in [3.63, 3.8) is 0 Å². The summed E-state index contributed by atoms with van der Waals surface area (Å²) >= 11 is 0. The molecule has 0 fully saturated rings. The first-order valence-electron chi connectivity index (χ1n) is 4.92. The first-order valence-corrected chi connectivity index (χ1v) is 6.13. The van der Waals surface area contributed by atoms with E-state index in [4.69, 9.17) is 5.11 Å². The van der Waals surface area contributed by atoms with Crippen molar-refractivity contribution in [2.75, 3.05) is 0 Å². The standard InChI is InChI=1S/C11H9NO4S/c13-9(3-4-11(14)15)7-1-2-8-10(5-7)17(16)6-12-8/h1-2,5-6H,3-4H2,(H,14,15). The number of carbonyl (C=O) groups excluding carboxylic acids is 1. The molecule has 1 aliphatic heterocycles. The first-order chi connectivity index (χ1) is 8.08. The molecule has 1 aliphatic rings. The fraction of sp³-hybridized carbons (Fsp3) is 0.182. The van der Waals surface area contributed by atoms with Gasteiger partial charge in [0.25, 0.3) is 0 Å². The van der Waals surface area contributed by atoms with Gasteiger partial charge in [0.15, 0.2) is 5.78 Å². The van der Waals surface area contributed by atoms with Crippen LogP contribution in [0.2, 0.25) is 0 Å². The molecule has 1 heterocycles. The molecule has 1 aromatic carbocycles. The molecule has 0 aliphatic carbocycles. The van der Waals surface area contributed by atoms with E-state index in [0.29, 0.717) is 16.1 Å². The summed E-state index contributed by atoms with van der Waals surface area (Å²) in [5, 5.41) is 8.49. The number of aliphatic imine (C=N–C) groups is 1. The van der Waals surface area contributed by atoms with Gasteiger partial charge in [-0.05, 0) is 18.2 Å². The molecule has 0 saturated carbocycles. The summed E-state index contributed by atoms with van der Waals surface area (Å²) in [6.45, 7) is 0. The number of hydrogen-bond acceptors (Lipinski definition) is 4. The summed E-state index contributed by atoms with van der Waals surface area (Å²) in [5.74, 6) is -1.27. The molecule has 0 spiro atoms. The van der Waals surface area contributed by atoms with Gasteiger partial charge in [-0.25, -0.2) is 9.20 Å². The van der Waals surface area contributed by atoms with Crippen molar-refractivity contribution in [3.8, 4) is 0 Å². The molecule has 0 aromatic heterocycles. The zero-order valence-electron chi connectivity index (χ0n) is 8.75. The Kier molecular flexibility index (Phi) is 3.14. The van der Waals surface area contributed by atoms with E-state index < -0.39 is 16.8 Å². The molecule has 1 unspecified atom stereocenters.